The van der Waals surface area contributed by atoms with E-state index in [1.807, 2.05) is 18.7 Å². The molecule has 0 aliphatic carbocycles. The summed E-state index contributed by atoms with van der Waals surface area (Å²) in [4.78, 5) is 14.2. The quantitative estimate of drug-likeness (QED) is 0.758. The number of carbonyl (C=O) groups excluding carboxylic acids is 1. The lowest BCUT2D eigenvalue weighted by Crippen LogP contribution is -2.45. The highest BCUT2D eigenvalue weighted by Crippen LogP contribution is 2.19. The van der Waals surface area contributed by atoms with E-state index in [4.69, 9.17) is 5.73 Å². The van der Waals surface area contributed by atoms with Gasteiger partial charge in [-0.25, -0.2) is 0 Å². The predicted octanol–water partition coefficient (Wildman–Crippen LogP) is 1.76. The highest BCUT2D eigenvalue weighted by atomic mass is 16.2. The van der Waals surface area contributed by atoms with E-state index in [1.54, 1.807) is 0 Å². The van der Waals surface area contributed by atoms with Gasteiger partial charge in [-0.2, -0.15) is 0 Å². The van der Waals surface area contributed by atoms with Crippen molar-refractivity contribution >= 4 is 5.91 Å². The fourth-order valence-electron chi connectivity index (χ4n) is 2.09. The molecule has 3 unspecified atom stereocenters. The minimum absolute atomic E-state index is 0.0482. The summed E-state index contributed by atoms with van der Waals surface area (Å²) in [6, 6.07) is 0.342. The molecule has 0 radical (unpaired) electrons. The number of nitrogens with two attached hydrogens (primary N) is 1. The van der Waals surface area contributed by atoms with Gasteiger partial charge in [-0.1, -0.05) is 19.8 Å². The van der Waals surface area contributed by atoms with Crippen LogP contribution in [0.1, 0.15) is 46.5 Å². The topological polar surface area (TPSA) is 46.3 Å². The zero-order valence-corrected chi connectivity index (χ0v) is 10.2. The van der Waals surface area contributed by atoms with E-state index in [0.29, 0.717) is 6.04 Å². The van der Waals surface area contributed by atoms with Crippen molar-refractivity contribution in [2.75, 3.05) is 6.54 Å². The Morgan fingerprint density at radius 1 is 1.33 bits per heavy atom. The van der Waals surface area contributed by atoms with Crippen molar-refractivity contribution in [3.63, 3.8) is 0 Å². The third-order valence-electron chi connectivity index (χ3n) is 3.51. The number of rotatable bonds is 2. The molecule has 1 amide bonds. The first-order valence-corrected chi connectivity index (χ1v) is 6.10. The highest BCUT2D eigenvalue weighted by Gasteiger charge is 2.27. The summed E-state index contributed by atoms with van der Waals surface area (Å²) in [5, 5.41) is 0. The van der Waals surface area contributed by atoms with Crippen LogP contribution in [-0.4, -0.2) is 29.4 Å². The van der Waals surface area contributed by atoms with Gasteiger partial charge < -0.3 is 10.6 Å². The van der Waals surface area contributed by atoms with Crippen LogP contribution in [0.25, 0.3) is 0 Å². The van der Waals surface area contributed by atoms with E-state index < -0.39 is 0 Å². The molecule has 2 N–H and O–H groups in total. The summed E-state index contributed by atoms with van der Waals surface area (Å²) in [6.07, 6.45) is 4.78. The predicted molar refractivity (Wildman–Crippen MR) is 62.5 cm³/mol. The molecule has 15 heavy (non-hydrogen) atoms. The molecule has 0 saturated carbocycles. The smallest absolute Gasteiger partial charge is 0.227 e. The van der Waals surface area contributed by atoms with Crippen molar-refractivity contribution in [3.8, 4) is 0 Å². The summed E-state index contributed by atoms with van der Waals surface area (Å²) < 4.78 is 0. The second kappa shape index (κ2) is 5.50. The van der Waals surface area contributed by atoms with Gasteiger partial charge in [0.15, 0.2) is 0 Å². The number of hydrogen-bond donors (Lipinski definition) is 1. The maximum absolute atomic E-state index is 12.1. The first-order valence-electron chi connectivity index (χ1n) is 6.10. The minimum atomic E-state index is -0.0504. The van der Waals surface area contributed by atoms with Crippen LogP contribution in [0, 0.1) is 5.92 Å². The zero-order chi connectivity index (χ0) is 11.4. The molecular weight excluding hydrogens is 188 g/mol. The monoisotopic (exact) mass is 212 g/mol. The number of hydrogen-bond acceptors (Lipinski definition) is 2. The van der Waals surface area contributed by atoms with E-state index in [9.17, 15) is 4.79 Å². The Morgan fingerprint density at radius 3 is 2.60 bits per heavy atom. The Kier molecular flexibility index (Phi) is 4.58. The summed E-state index contributed by atoms with van der Waals surface area (Å²) in [6.45, 7) is 6.91. The zero-order valence-electron chi connectivity index (χ0n) is 10.2. The number of amides is 1. The van der Waals surface area contributed by atoms with E-state index in [0.717, 1.165) is 19.4 Å². The average Bonchev–Trinajstić information content (AvgIpc) is 2.40. The van der Waals surface area contributed by atoms with E-state index in [2.05, 4.69) is 6.92 Å². The third kappa shape index (κ3) is 3.20. The lowest BCUT2D eigenvalue weighted by molar-refractivity contribution is -0.137. The molecule has 1 rings (SSSR count). The summed E-state index contributed by atoms with van der Waals surface area (Å²) in [5.41, 5.74) is 5.78. The third-order valence-corrected chi connectivity index (χ3v) is 3.51. The molecule has 1 fully saturated rings. The lowest BCUT2D eigenvalue weighted by atomic mass is 10.0. The van der Waals surface area contributed by atoms with Gasteiger partial charge in [-0.3, -0.25) is 4.79 Å². The van der Waals surface area contributed by atoms with Crippen LogP contribution >= 0.6 is 0 Å². The molecule has 0 spiro atoms. The Balaban J connectivity index is 2.63. The van der Waals surface area contributed by atoms with Crippen molar-refractivity contribution in [1.29, 1.82) is 0 Å². The van der Waals surface area contributed by atoms with Crippen molar-refractivity contribution in [3.05, 3.63) is 0 Å². The van der Waals surface area contributed by atoms with Gasteiger partial charge in [0, 0.05) is 18.6 Å². The first-order chi connectivity index (χ1) is 7.04. The van der Waals surface area contributed by atoms with E-state index in [-0.39, 0.29) is 17.9 Å². The summed E-state index contributed by atoms with van der Waals surface area (Å²) >= 11 is 0. The van der Waals surface area contributed by atoms with Crippen molar-refractivity contribution in [2.45, 2.75) is 58.5 Å². The standard InChI is InChI=1S/C12H24N2O/c1-9-7-5-4-6-8-14(9)12(15)10(2)11(3)13/h9-11H,4-8,13H2,1-3H3. The molecule has 3 heteroatoms. The highest BCUT2D eigenvalue weighted by molar-refractivity contribution is 5.79. The van der Waals surface area contributed by atoms with Gasteiger partial charge in [-0.15, -0.1) is 0 Å². The van der Waals surface area contributed by atoms with Crippen LogP contribution in [0.4, 0.5) is 0 Å². The van der Waals surface area contributed by atoms with E-state index in [1.165, 1.54) is 12.8 Å². The van der Waals surface area contributed by atoms with Crippen molar-refractivity contribution in [2.24, 2.45) is 11.7 Å². The molecule has 0 aromatic rings. The van der Waals surface area contributed by atoms with Gasteiger partial charge in [0.25, 0.3) is 0 Å². The molecule has 1 heterocycles. The maximum Gasteiger partial charge on any atom is 0.227 e. The fraction of sp³-hybridized carbons (Fsp3) is 0.917. The van der Waals surface area contributed by atoms with Crippen LogP contribution in [0.5, 0.6) is 0 Å². The largest absolute Gasteiger partial charge is 0.340 e. The summed E-state index contributed by atoms with van der Waals surface area (Å²) in [7, 11) is 0. The molecule has 1 saturated heterocycles. The molecule has 88 valence electrons. The van der Waals surface area contributed by atoms with Gasteiger partial charge in [0.1, 0.15) is 0 Å². The Hall–Kier alpha value is -0.570. The number of nitrogens with zero attached hydrogens (tertiary/aromatic N) is 1. The molecule has 0 bridgehead atoms. The fourth-order valence-corrected chi connectivity index (χ4v) is 2.09. The molecule has 1 aliphatic rings. The van der Waals surface area contributed by atoms with E-state index >= 15 is 0 Å². The normalized spacial score (nSPS) is 26.9. The van der Waals surface area contributed by atoms with Crippen LogP contribution in [0.3, 0.4) is 0 Å². The first kappa shape index (κ1) is 12.5. The maximum atomic E-state index is 12.1. The average molecular weight is 212 g/mol. The summed E-state index contributed by atoms with van der Waals surface area (Å²) in [5.74, 6) is 0.185. The van der Waals surface area contributed by atoms with Crippen molar-refractivity contribution < 1.29 is 4.79 Å². The Labute approximate surface area is 93.0 Å². The van der Waals surface area contributed by atoms with Gasteiger partial charge in [0.05, 0.1) is 5.92 Å². The van der Waals surface area contributed by atoms with Gasteiger partial charge >= 0.3 is 0 Å². The van der Waals surface area contributed by atoms with Gasteiger partial charge in [0.2, 0.25) is 5.91 Å². The number of carbonyl (C=O) groups is 1. The molecule has 3 nitrogen and oxygen atoms in total. The minimum Gasteiger partial charge on any atom is -0.340 e. The van der Waals surface area contributed by atoms with Crippen molar-refractivity contribution in [1.82, 2.24) is 4.90 Å². The SMILES string of the molecule is CC(N)C(C)C(=O)N1CCCCCC1C. The Bertz CT molecular complexity index is 216. The van der Waals surface area contributed by atoms with Crippen LogP contribution in [0.15, 0.2) is 0 Å². The molecule has 1 aliphatic heterocycles. The second-order valence-electron chi connectivity index (χ2n) is 4.88. The Morgan fingerprint density at radius 2 is 2.00 bits per heavy atom. The molecular formula is C12H24N2O. The molecule has 0 aromatic heterocycles. The van der Waals surface area contributed by atoms with Crippen LogP contribution < -0.4 is 5.73 Å². The molecule has 3 atom stereocenters. The second-order valence-corrected chi connectivity index (χ2v) is 4.88. The van der Waals surface area contributed by atoms with Crippen LogP contribution in [0.2, 0.25) is 0 Å². The molecule has 0 aromatic carbocycles. The van der Waals surface area contributed by atoms with Gasteiger partial charge in [-0.05, 0) is 26.7 Å². The number of likely N-dealkylation sites (tertiary alicyclic amines) is 1. The lowest BCUT2D eigenvalue weighted by Gasteiger charge is -2.31. The van der Waals surface area contributed by atoms with Crippen LogP contribution in [-0.2, 0) is 4.79 Å².